The van der Waals surface area contributed by atoms with Crippen molar-refractivity contribution in [1.29, 1.82) is 0 Å². The Morgan fingerprint density at radius 2 is 0.625 bits per heavy atom. The molecule has 12 N–H and O–H groups in total. The van der Waals surface area contributed by atoms with Crippen molar-refractivity contribution >= 4 is 82.5 Å². The van der Waals surface area contributed by atoms with Crippen LogP contribution < -0.4 is 31.9 Å². The van der Waals surface area contributed by atoms with Crippen molar-refractivity contribution in [2.75, 3.05) is 54.8 Å². The van der Waals surface area contributed by atoms with Gasteiger partial charge in [-0.3, -0.25) is 9.59 Å². The molecule has 18 atom stereocenters. The van der Waals surface area contributed by atoms with E-state index in [9.17, 15) is 40.2 Å². The SMILES string of the molecule is CN[C@@H]1C[C@@H](O)[C@H](SC(=O)c2ccccc2)C1.CN[C@@H]1C[C@H](O)[C@@H](S)C1.CN[C@@H]1C[C@H](SC(=O)c2ccccc2)[C@@H](O)C1.CN[C@@H]1C[C@H](SC)[C@@H](O)C1.CN[C@H]1C[C@H](O)[C@@H](S)C1.CN[C@H]1C[C@H](SC)[C@@H](O)C1. The molecule has 2 aromatic carbocycles. The van der Waals surface area contributed by atoms with Gasteiger partial charge in [0.2, 0.25) is 10.2 Å². The van der Waals surface area contributed by atoms with Crippen LogP contribution in [0.5, 0.6) is 0 Å². The summed E-state index contributed by atoms with van der Waals surface area (Å²) in [4.78, 5) is 23.9. The second-order valence-corrected chi connectivity index (χ2v) is 25.4. The summed E-state index contributed by atoms with van der Waals surface area (Å²) in [5.74, 6) is 0. The summed E-state index contributed by atoms with van der Waals surface area (Å²) in [6, 6.07) is 21.1. The Morgan fingerprint density at radius 1 is 0.389 bits per heavy atom. The Balaban J connectivity index is 0.000000234. The Kier molecular flexibility index (Phi) is 32.6. The minimum absolute atomic E-state index is 0.0140. The van der Waals surface area contributed by atoms with Crippen molar-refractivity contribution in [1.82, 2.24) is 31.9 Å². The van der Waals surface area contributed by atoms with Crippen LogP contribution in [0.4, 0.5) is 0 Å². The number of nitrogens with one attached hydrogen (secondary N) is 6. The highest BCUT2D eigenvalue weighted by molar-refractivity contribution is 8.15. The number of rotatable bonds is 12. The molecule has 14 nitrogen and oxygen atoms in total. The van der Waals surface area contributed by atoms with E-state index in [1.807, 2.05) is 103 Å². The number of aliphatic hydroxyl groups excluding tert-OH is 6. The van der Waals surface area contributed by atoms with E-state index in [2.05, 4.69) is 69.7 Å². The van der Waals surface area contributed by atoms with Crippen molar-refractivity contribution in [3.05, 3.63) is 71.8 Å². The number of hydrogen-bond acceptors (Lipinski definition) is 20. The van der Waals surface area contributed by atoms with E-state index in [4.69, 9.17) is 0 Å². The van der Waals surface area contributed by atoms with Gasteiger partial charge in [-0.05, 0) is 132 Å². The maximum absolute atomic E-state index is 12.0. The van der Waals surface area contributed by atoms with Crippen LogP contribution in [0.1, 0.15) is 97.8 Å². The summed E-state index contributed by atoms with van der Waals surface area (Å²) in [6.07, 6.45) is 13.7. The molecule has 8 rings (SSSR count). The first-order chi connectivity index (χ1) is 34.4. The molecule has 0 heterocycles. The molecule has 6 saturated carbocycles. The predicted molar refractivity (Wildman–Crippen MR) is 313 cm³/mol. The minimum atomic E-state index is -0.384. The zero-order chi connectivity index (χ0) is 53.3. The molecule has 0 aliphatic heterocycles. The summed E-state index contributed by atoms with van der Waals surface area (Å²) < 4.78 is 0. The minimum Gasteiger partial charge on any atom is -0.392 e. The Morgan fingerprint density at radius 3 is 0.819 bits per heavy atom. The topological polar surface area (TPSA) is 228 Å². The first-order valence-corrected chi connectivity index (χ1v) is 30.9. The second-order valence-electron chi connectivity index (χ2n) is 19.4. The van der Waals surface area contributed by atoms with Gasteiger partial charge in [-0.15, -0.1) is 0 Å². The summed E-state index contributed by atoms with van der Waals surface area (Å²) in [6.45, 7) is 0. The first-order valence-electron chi connectivity index (χ1n) is 25.5. The predicted octanol–water partition coefficient (Wildman–Crippen LogP) is 4.32. The maximum atomic E-state index is 12.0. The fourth-order valence-electron chi connectivity index (χ4n) is 9.63. The van der Waals surface area contributed by atoms with Crippen LogP contribution in [0, 0.1) is 0 Å². The fraction of sp³-hybridized carbons (Fsp3) is 0.731. The highest BCUT2D eigenvalue weighted by Crippen LogP contribution is 2.34. The molecule has 0 spiro atoms. The van der Waals surface area contributed by atoms with Crippen molar-refractivity contribution in [2.24, 2.45) is 0 Å². The molecule has 0 saturated heterocycles. The third-order valence-electron chi connectivity index (χ3n) is 14.5. The molecule has 20 heteroatoms. The zero-order valence-corrected chi connectivity index (χ0v) is 48.7. The number of aliphatic hydroxyl groups is 6. The third-order valence-corrected chi connectivity index (χ3v) is 20.3. The maximum Gasteiger partial charge on any atom is 0.219 e. The molecule has 0 radical (unpaired) electrons. The highest BCUT2D eigenvalue weighted by Gasteiger charge is 2.36. The number of hydrogen-bond donors (Lipinski definition) is 14. The van der Waals surface area contributed by atoms with Crippen molar-refractivity contribution < 1.29 is 40.2 Å². The van der Waals surface area contributed by atoms with E-state index in [0.717, 1.165) is 77.0 Å². The van der Waals surface area contributed by atoms with Crippen LogP contribution in [0.3, 0.4) is 0 Å². The lowest BCUT2D eigenvalue weighted by atomic mass is 10.2. The van der Waals surface area contributed by atoms with Gasteiger partial charge in [-0.1, -0.05) is 84.2 Å². The summed E-state index contributed by atoms with van der Waals surface area (Å²) >= 11 is 14.5. The molecule has 412 valence electrons. The molecule has 0 unspecified atom stereocenters. The van der Waals surface area contributed by atoms with Gasteiger partial charge in [0.15, 0.2) is 0 Å². The van der Waals surface area contributed by atoms with Gasteiger partial charge in [-0.2, -0.15) is 48.8 Å². The molecular formula is C52H90N6O8S6. The average Bonchev–Trinajstić information content (AvgIpc) is 4.26. The van der Waals surface area contributed by atoms with E-state index in [-0.39, 0.29) is 67.9 Å². The second kappa shape index (κ2) is 35.7. The van der Waals surface area contributed by atoms with Gasteiger partial charge in [0.25, 0.3) is 0 Å². The molecule has 6 aliphatic carbocycles. The number of carbonyl (C=O) groups excluding carboxylic acids is 2. The fourth-order valence-corrected chi connectivity index (χ4v) is 14.4. The van der Waals surface area contributed by atoms with Crippen LogP contribution in [0.15, 0.2) is 60.7 Å². The van der Waals surface area contributed by atoms with Crippen LogP contribution in [-0.4, -0.2) is 200 Å². The summed E-state index contributed by atoms with van der Waals surface area (Å²) in [5.41, 5.74) is 1.41. The monoisotopic (exact) mass is 1120 g/mol. The number of carbonyl (C=O) groups is 2. The van der Waals surface area contributed by atoms with Gasteiger partial charge in [-0.25, -0.2) is 0 Å². The number of benzene rings is 2. The molecule has 72 heavy (non-hydrogen) atoms. The third kappa shape index (κ3) is 22.8. The van der Waals surface area contributed by atoms with Crippen LogP contribution in [-0.2, 0) is 0 Å². The van der Waals surface area contributed by atoms with E-state index in [1.165, 1.54) is 23.5 Å². The number of thioether (sulfide) groups is 4. The van der Waals surface area contributed by atoms with Gasteiger partial charge >= 0.3 is 0 Å². The normalized spacial score (nSPS) is 35.5. The first kappa shape index (κ1) is 65.7. The van der Waals surface area contributed by atoms with E-state index >= 15 is 0 Å². The number of thiol groups is 2. The van der Waals surface area contributed by atoms with Gasteiger partial charge in [0.05, 0.1) is 36.6 Å². The van der Waals surface area contributed by atoms with E-state index in [1.54, 1.807) is 23.5 Å². The summed E-state index contributed by atoms with van der Waals surface area (Å²) in [5, 5.41) is 77.3. The van der Waals surface area contributed by atoms with Crippen LogP contribution >= 0.6 is 72.3 Å². The molecule has 6 fully saturated rings. The van der Waals surface area contributed by atoms with Crippen LogP contribution in [0.25, 0.3) is 0 Å². The van der Waals surface area contributed by atoms with Gasteiger partial charge < -0.3 is 62.5 Å². The molecule has 0 aromatic heterocycles. The van der Waals surface area contributed by atoms with Crippen molar-refractivity contribution in [2.45, 2.75) is 181 Å². The molecule has 6 aliphatic rings. The van der Waals surface area contributed by atoms with Crippen molar-refractivity contribution in [3.8, 4) is 0 Å². The lowest BCUT2D eigenvalue weighted by molar-refractivity contribution is 0.107. The molecule has 0 bridgehead atoms. The lowest BCUT2D eigenvalue weighted by Crippen LogP contribution is -2.22. The van der Waals surface area contributed by atoms with Crippen LogP contribution in [0.2, 0.25) is 0 Å². The largest absolute Gasteiger partial charge is 0.392 e. The average molecular weight is 1120 g/mol. The van der Waals surface area contributed by atoms with E-state index in [0.29, 0.717) is 57.9 Å². The Hall–Kier alpha value is -0.600. The Labute approximate surface area is 459 Å². The highest BCUT2D eigenvalue weighted by atomic mass is 32.2. The quantitative estimate of drug-likeness (QED) is 0.133. The molecule has 2 aromatic rings. The smallest absolute Gasteiger partial charge is 0.219 e. The zero-order valence-electron chi connectivity index (χ0n) is 43.7. The standard InChI is InChI=1S/2C13H17NO2S.2C7H15NOS.2C6H13NOS/c2*1-14-10-7-11(15)12(8-10)17-13(16)9-5-3-2-4-6-9;2*1-8-5-3-6(9)7(4-5)10-2;2*1-7-4-2-5(8)6(9)3-4/h2*2-6,10-12,14-15H,7-8H2,1H3;2*5-9H,3-4H2,1-2H3;2*4-9H,2-3H2,1H3/t2*10-,11-,12-;5-,6+,7+;5-,6-,7-;4-,5+,6+;4-,5-,6-/m101010/s1. The molecular weight excluding hydrogens is 1030 g/mol. The van der Waals surface area contributed by atoms with Gasteiger partial charge in [0, 0.05) is 78.9 Å². The lowest BCUT2D eigenvalue weighted by Gasteiger charge is -2.12. The van der Waals surface area contributed by atoms with E-state index < -0.39 is 0 Å². The molecule has 0 amide bonds. The summed E-state index contributed by atoms with van der Waals surface area (Å²) in [7, 11) is 11.5. The van der Waals surface area contributed by atoms with Crippen molar-refractivity contribution in [3.63, 3.8) is 0 Å². The van der Waals surface area contributed by atoms with Gasteiger partial charge in [0.1, 0.15) is 0 Å². The Bertz CT molecular complexity index is 1630.